The van der Waals surface area contributed by atoms with E-state index in [4.69, 9.17) is 5.73 Å². The average Bonchev–Trinajstić information content (AvgIpc) is 2.41. The van der Waals surface area contributed by atoms with Gasteiger partial charge in [-0.05, 0) is 43.4 Å². The first-order chi connectivity index (χ1) is 9.38. The number of nitrogens with two attached hydrogens (primary N) is 1. The summed E-state index contributed by atoms with van der Waals surface area (Å²) in [6.07, 6.45) is 1.91. The lowest BCUT2D eigenvalue weighted by Gasteiger charge is -2.33. The van der Waals surface area contributed by atoms with Gasteiger partial charge in [0.2, 0.25) is 10.0 Å². The number of nitrogens with zero attached hydrogens (tertiary/aromatic N) is 1. The number of hydrogen-bond acceptors (Lipinski definition) is 3. The van der Waals surface area contributed by atoms with Gasteiger partial charge in [0, 0.05) is 23.6 Å². The molecular weight excluding hydrogens is 340 g/mol. The quantitative estimate of drug-likeness (QED) is 0.895. The van der Waals surface area contributed by atoms with Crippen LogP contribution >= 0.6 is 15.9 Å². The third-order valence-electron chi connectivity index (χ3n) is 3.82. The van der Waals surface area contributed by atoms with Gasteiger partial charge < -0.3 is 5.73 Å². The molecule has 6 heteroatoms. The maximum atomic E-state index is 12.5. The molecule has 1 fully saturated rings. The van der Waals surface area contributed by atoms with E-state index in [2.05, 4.69) is 15.9 Å². The van der Waals surface area contributed by atoms with Crippen molar-refractivity contribution in [3.05, 3.63) is 34.3 Å². The number of halogens is 1. The fourth-order valence-corrected chi connectivity index (χ4v) is 4.42. The fraction of sp³-hybridized carbons (Fsp3) is 0.571. The summed E-state index contributed by atoms with van der Waals surface area (Å²) < 4.78 is 27.5. The molecule has 0 radical (unpaired) electrons. The molecule has 2 N–H and O–H groups in total. The Hall–Kier alpha value is -0.430. The Kier molecular flexibility index (Phi) is 5.23. The van der Waals surface area contributed by atoms with Crippen LogP contribution < -0.4 is 5.73 Å². The molecule has 1 aromatic carbocycles. The zero-order chi connectivity index (χ0) is 14.8. The van der Waals surface area contributed by atoms with Crippen LogP contribution in [0.25, 0.3) is 0 Å². The first-order valence-corrected chi connectivity index (χ1v) is 9.26. The van der Waals surface area contributed by atoms with E-state index in [1.165, 1.54) is 0 Å². The van der Waals surface area contributed by atoms with Crippen LogP contribution in [0, 0.1) is 5.92 Å². The molecule has 1 aromatic rings. The van der Waals surface area contributed by atoms with Crippen molar-refractivity contribution in [1.29, 1.82) is 0 Å². The van der Waals surface area contributed by atoms with E-state index in [0.717, 1.165) is 22.9 Å². The van der Waals surface area contributed by atoms with Crippen LogP contribution in [0.3, 0.4) is 0 Å². The second kappa shape index (κ2) is 6.56. The molecule has 1 saturated heterocycles. The van der Waals surface area contributed by atoms with Crippen molar-refractivity contribution in [3.63, 3.8) is 0 Å². The van der Waals surface area contributed by atoms with Crippen LogP contribution in [-0.4, -0.2) is 31.9 Å². The molecule has 0 aromatic heterocycles. The van der Waals surface area contributed by atoms with E-state index in [0.29, 0.717) is 13.1 Å². The molecule has 1 aliphatic rings. The Morgan fingerprint density at radius 3 is 2.65 bits per heavy atom. The van der Waals surface area contributed by atoms with Crippen LogP contribution in [0.15, 0.2) is 28.7 Å². The third-order valence-corrected chi connectivity index (χ3v) is 6.17. The van der Waals surface area contributed by atoms with Gasteiger partial charge in [0.25, 0.3) is 0 Å². The van der Waals surface area contributed by atoms with Crippen LogP contribution in [0.4, 0.5) is 0 Å². The summed E-state index contributed by atoms with van der Waals surface area (Å²) in [5, 5.41) is 0. The van der Waals surface area contributed by atoms with Gasteiger partial charge in [0.15, 0.2) is 0 Å². The predicted molar refractivity (Wildman–Crippen MR) is 84.7 cm³/mol. The van der Waals surface area contributed by atoms with Gasteiger partial charge in [0.1, 0.15) is 0 Å². The summed E-state index contributed by atoms with van der Waals surface area (Å²) in [5.74, 6) is 0.329. The topological polar surface area (TPSA) is 63.4 Å². The number of benzene rings is 1. The minimum atomic E-state index is -3.25. The normalized spacial score (nSPS) is 22.6. The van der Waals surface area contributed by atoms with E-state index in [-0.39, 0.29) is 17.7 Å². The Bertz CT molecular complexity index is 543. The Morgan fingerprint density at radius 1 is 1.40 bits per heavy atom. The lowest BCUT2D eigenvalue weighted by Crippen LogP contribution is -2.45. The summed E-state index contributed by atoms with van der Waals surface area (Å²) in [6, 6.07) is 7.46. The highest BCUT2D eigenvalue weighted by Gasteiger charge is 2.30. The van der Waals surface area contributed by atoms with Crippen molar-refractivity contribution < 1.29 is 8.42 Å². The van der Waals surface area contributed by atoms with Gasteiger partial charge in [-0.1, -0.05) is 28.1 Å². The van der Waals surface area contributed by atoms with Gasteiger partial charge in [-0.25, -0.2) is 12.7 Å². The van der Waals surface area contributed by atoms with Crippen molar-refractivity contribution in [2.24, 2.45) is 11.7 Å². The van der Waals surface area contributed by atoms with Gasteiger partial charge in [0.05, 0.1) is 5.75 Å². The molecular formula is C14H21BrN2O2S. The van der Waals surface area contributed by atoms with E-state index in [9.17, 15) is 8.42 Å². The monoisotopic (exact) mass is 360 g/mol. The third kappa shape index (κ3) is 4.04. The number of sulfonamides is 1. The highest BCUT2D eigenvalue weighted by atomic mass is 79.9. The molecule has 1 heterocycles. The van der Waals surface area contributed by atoms with Crippen LogP contribution in [-0.2, 0) is 15.8 Å². The second-order valence-corrected chi connectivity index (χ2v) is 8.39. The smallest absolute Gasteiger partial charge is 0.218 e. The van der Waals surface area contributed by atoms with Gasteiger partial charge in [-0.3, -0.25) is 0 Å². The summed E-state index contributed by atoms with van der Waals surface area (Å²) in [7, 11) is -3.25. The van der Waals surface area contributed by atoms with E-state index >= 15 is 0 Å². The molecule has 2 rings (SSSR count). The van der Waals surface area contributed by atoms with Crippen molar-refractivity contribution in [2.45, 2.75) is 31.6 Å². The largest absolute Gasteiger partial charge is 0.328 e. The van der Waals surface area contributed by atoms with Crippen LogP contribution in [0.2, 0.25) is 0 Å². The summed E-state index contributed by atoms with van der Waals surface area (Å²) >= 11 is 3.35. The summed E-state index contributed by atoms with van der Waals surface area (Å²) in [6.45, 7) is 3.12. The number of piperidine rings is 1. The van der Waals surface area contributed by atoms with E-state index in [1.807, 2.05) is 31.2 Å². The Morgan fingerprint density at radius 2 is 2.05 bits per heavy atom. The molecule has 2 atom stereocenters. The van der Waals surface area contributed by atoms with Crippen molar-refractivity contribution in [1.82, 2.24) is 4.31 Å². The molecule has 20 heavy (non-hydrogen) atoms. The molecule has 0 spiro atoms. The molecule has 0 bridgehead atoms. The Labute approximate surface area is 129 Å². The van der Waals surface area contributed by atoms with Crippen LogP contribution in [0.5, 0.6) is 0 Å². The Balaban J connectivity index is 2.08. The summed E-state index contributed by atoms with van der Waals surface area (Å²) in [4.78, 5) is 0. The van der Waals surface area contributed by atoms with Gasteiger partial charge in [-0.2, -0.15) is 0 Å². The minimum Gasteiger partial charge on any atom is -0.328 e. The highest BCUT2D eigenvalue weighted by molar-refractivity contribution is 9.10. The standard InChI is InChI=1S/C14H21BrN2O2S/c1-11(16)13-3-2-8-17(9-13)20(18,19)10-12-4-6-14(15)7-5-12/h4-7,11,13H,2-3,8-10,16H2,1H3. The van der Waals surface area contributed by atoms with Crippen molar-refractivity contribution >= 4 is 26.0 Å². The van der Waals surface area contributed by atoms with Crippen LogP contribution in [0.1, 0.15) is 25.3 Å². The first-order valence-electron chi connectivity index (χ1n) is 6.86. The first kappa shape index (κ1) is 15.9. The maximum absolute atomic E-state index is 12.5. The van der Waals surface area contributed by atoms with Gasteiger partial charge >= 0.3 is 0 Å². The SMILES string of the molecule is CC(N)C1CCCN(S(=O)(=O)Cc2ccc(Br)cc2)C1. The maximum Gasteiger partial charge on any atom is 0.218 e. The zero-order valence-corrected chi connectivity index (χ0v) is 14.0. The fourth-order valence-electron chi connectivity index (χ4n) is 2.54. The molecule has 0 amide bonds. The lowest BCUT2D eigenvalue weighted by molar-refractivity contribution is 0.243. The molecule has 0 saturated carbocycles. The van der Waals surface area contributed by atoms with Crippen molar-refractivity contribution in [2.75, 3.05) is 13.1 Å². The van der Waals surface area contributed by atoms with Gasteiger partial charge in [-0.15, -0.1) is 0 Å². The summed E-state index contributed by atoms with van der Waals surface area (Å²) in [5.41, 5.74) is 6.73. The predicted octanol–water partition coefficient (Wildman–Crippen LogP) is 2.34. The molecule has 4 nitrogen and oxygen atoms in total. The second-order valence-electron chi connectivity index (χ2n) is 5.50. The molecule has 1 aliphatic heterocycles. The minimum absolute atomic E-state index is 0.0423. The average molecular weight is 361 g/mol. The molecule has 2 unspecified atom stereocenters. The highest BCUT2D eigenvalue weighted by Crippen LogP contribution is 2.23. The molecule has 112 valence electrons. The van der Waals surface area contributed by atoms with E-state index < -0.39 is 10.0 Å². The molecule has 0 aliphatic carbocycles. The lowest BCUT2D eigenvalue weighted by atomic mass is 9.93. The van der Waals surface area contributed by atoms with Crippen molar-refractivity contribution in [3.8, 4) is 0 Å². The zero-order valence-electron chi connectivity index (χ0n) is 11.6. The van der Waals surface area contributed by atoms with E-state index in [1.54, 1.807) is 4.31 Å². The number of hydrogen-bond donors (Lipinski definition) is 1. The number of rotatable bonds is 4.